The van der Waals surface area contributed by atoms with Crippen LogP contribution in [0.1, 0.15) is 133 Å². The maximum absolute atomic E-state index is 14.8. The molecule has 2 aliphatic heterocycles. The van der Waals surface area contributed by atoms with Crippen LogP contribution in [-0.4, -0.2) is 48.9 Å². The van der Waals surface area contributed by atoms with Crippen LogP contribution >= 0.6 is 0 Å². The fraction of sp³-hybridized carbons (Fsp3) is 0.581. The van der Waals surface area contributed by atoms with Gasteiger partial charge in [-0.2, -0.15) is 0 Å². The summed E-state index contributed by atoms with van der Waals surface area (Å²) in [5, 5.41) is 34.4. The lowest BCUT2D eigenvalue weighted by atomic mass is 9.40. The van der Waals surface area contributed by atoms with Gasteiger partial charge in [0.05, 0.1) is 34.5 Å². The van der Waals surface area contributed by atoms with Crippen molar-refractivity contribution in [3.63, 3.8) is 0 Å². The maximum Gasteiger partial charge on any atom is 0.331 e. The Balaban J connectivity index is 1.36. The van der Waals surface area contributed by atoms with E-state index in [1.807, 2.05) is 26.8 Å². The molecule has 9 atom stereocenters. The van der Waals surface area contributed by atoms with Crippen LogP contribution < -0.4 is 0 Å². The van der Waals surface area contributed by atoms with Gasteiger partial charge in [0.1, 0.15) is 6.04 Å². The number of hydrogen-bond acceptors (Lipinski definition) is 5. The highest BCUT2D eigenvalue weighted by molar-refractivity contribution is 6.18. The Morgan fingerprint density at radius 1 is 1.06 bits per heavy atom. The third-order valence-corrected chi connectivity index (χ3v) is 14.8. The second-order valence-corrected chi connectivity index (χ2v) is 18.3. The van der Waals surface area contributed by atoms with Gasteiger partial charge in [-0.25, -0.2) is 4.79 Å². The Morgan fingerprint density at radius 3 is 2.42 bits per heavy atom. The van der Waals surface area contributed by atoms with Gasteiger partial charge in [0.25, 0.3) is 0 Å². The molecule has 0 saturated heterocycles. The van der Waals surface area contributed by atoms with E-state index in [4.69, 9.17) is 4.74 Å². The molecule has 7 heteroatoms. The molecule has 8 rings (SSSR count). The molecule has 2 aromatic rings. The molecule has 6 aliphatic rings. The van der Waals surface area contributed by atoms with Crippen molar-refractivity contribution in [3.05, 3.63) is 76.0 Å². The molecule has 2 fully saturated rings. The van der Waals surface area contributed by atoms with E-state index in [1.165, 1.54) is 11.3 Å². The van der Waals surface area contributed by atoms with E-state index in [-0.39, 0.29) is 34.0 Å². The first-order valence-electron chi connectivity index (χ1n) is 18.5. The number of aliphatic carboxylic acids is 1. The highest BCUT2D eigenvalue weighted by atomic mass is 16.5. The molecule has 3 N–H and O–H groups in total. The molecule has 0 unspecified atom stereocenters. The molecular formula is C43H53NO6. The number of rotatable bonds is 4. The smallest absolute Gasteiger partial charge is 0.331 e. The zero-order valence-corrected chi connectivity index (χ0v) is 31.1. The summed E-state index contributed by atoms with van der Waals surface area (Å²) < 4.78 is 8.86. The van der Waals surface area contributed by atoms with E-state index in [0.717, 1.165) is 58.9 Å². The molecule has 3 heterocycles. The topological polar surface area (TPSA) is 109 Å². The van der Waals surface area contributed by atoms with E-state index in [2.05, 4.69) is 64.0 Å². The standard InChI is InChI=1S/C43H53NO6/c1-21(2)33-36(47)31-30-24(27-20-39(4,5)50-40(6,7)32(27)35(30)46)19-25-26-18-23-13-14-28-41(8,16-11-12-22(3)38(48)49)29(45)15-17-42(28,9)43(23,10)37(26)44(33)34(25)31/h11-12,16,19-20,23,28-29,32-33,35,45-46H,1,13-15,17-18H2,2-10H3,(H,48,49)/b16-11+,22-12+/t23-,28+,29+,32-,33+,35-,41+,42+,43-/m1/s1. The zero-order chi connectivity index (χ0) is 36.2. The number of aliphatic hydroxyl groups is 2. The quantitative estimate of drug-likeness (QED) is 0.171. The van der Waals surface area contributed by atoms with Crippen LogP contribution in [0, 0.1) is 28.6 Å². The number of carboxylic acids is 1. The number of Topliss-reactive ketones (excluding diaryl/α,β-unsaturated/α-hetero) is 1. The van der Waals surface area contributed by atoms with Crippen molar-refractivity contribution in [2.45, 2.75) is 129 Å². The first-order valence-corrected chi connectivity index (χ1v) is 18.5. The van der Waals surface area contributed by atoms with Crippen LogP contribution in [0.2, 0.25) is 0 Å². The van der Waals surface area contributed by atoms with Crippen molar-refractivity contribution in [2.24, 2.45) is 28.6 Å². The number of nitrogens with zero attached hydrogens (tertiary/aromatic N) is 1. The molecule has 1 aromatic carbocycles. The minimum Gasteiger partial charge on any atom is -0.478 e. The van der Waals surface area contributed by atoms with E-state index < -0.39 is 40.8 Å². The fourth-order valence-corrected chi connectivity index (χ4v) is 12.6. The number of carbonyl (C=O) groups is 2. The third-order valence-electron chi connectivity index (χ3n) is 14.8. The average molecular weight is 680 g/mol. The highest BCUT2D eigenvalue weighted by Crippen LogP contribution is 2.71. The van der Waals surface area contributed by atoms with Crippen molar-refractivity contribution in [1.29, 1.82) is 0 Å². The summed E-state index contributed by atoms with van der Waals surface area (Å²) in [6.07, 6.45) is 10.7. The Hall–Kier alpha value is -3.26. The highest BCUT2D eigenvalue weighted by Gasteiger charge is 2.67. The maximum atomic E-state index is 14.8. The summed E-state index contributed by atoms with van der Waals surface area (Å²) in [7, 11) is 0. The number of allylic oxidation sites excluding steroid dienone is 3. The molecule has 1 aromatic heterocycles. The van der Waals surface area contributed by atoms with Gasteiger partial charge in [-0.3, -0.25) is 4.79 Å². The second-order valence-electron chi connectivity index (χ2n) is 18.3. The van der Waals surface area contributed by atoms with Crippen molar-refractivity contribution < 1.29 is 29.6 Å². The molecule has 0 spiro atoms. The van der Waals surface area contributed by atoms with Gasteiger partial charge < -0.3 is 24.6 Å². The average Bonchev–Trinajstić information content (AvgIpc) is 3.67. The largest absolute Gasteiger partial charge is 0.478 e. The first kappa shape index (κ1) is 33.9. The van der Waals surface area contributed by atoms with Crippen molar-refractivity contribution in [1.82, 2.24) is 4.57 Å². The SMILES string of the molecule is C=C(C)[C@H]1C(=O)c2c3c(cc4c5c(n1c24)[C@@]1(C)[C@H](CC[C@H]2[C@](C)(/C=C/C=C(\C)C(=O)O)[C@@H](O)CC[C@@]21C)C5)C1=CC(C)(C)OC(C)(C)[C@H]1[C@@H]3O. The lowest BCUT2D eigenvalue weighted by Crippen LogP contribution is -2.62. The second kappa shape index (κ2) is 10.2. The summed E-state index contributed by atoms with van der Waals surface area (Å²) in [5.41, 5.74) is 5.80. The summed E-state index contributed by atoms with van der Waals surface area (Å²) in [6.45, 7) is 23.1. The monoisotopic (exact) mass is 679 g/mol. The van der Waals surface area contributed by atoms with Crippen molar-refractivity contribution >= 4 is 28.2 Å². The van der Waals surface area contributed by atoms with Gasteiger partial charge in [0.2, 0.25) is 0 Å². The Morgan fingerprint density at radius 2 is 1.76 bits per heavy atom. The van der Waals surface area contributed by atoms with Crippen LogP contribution in [0.3, 0.4) is 0 Å². The van der Waals surface area contributed by atoms with Crippen molar-refractivity contribution in [2.75, 3.05) is 0 Å². The summed E-state index contributed by atoms with van der Waals surface area (Å²) in [6, 6.07) is 1.75. The molecule has 0 bridgehead atoms. The minimum absolute atomic E-state index is 0.0189. The molecule has 50 heavy (non-hydrogen) atoms. The Labute approximate surface area is 295 Å². The number of hydrogen-bond donors (Lipinski definition) is 3. The van der Waals surface area contributed by atoms with Crippen LogP contribution in [0.5, 0.6) is 0 Å². The van der Waals surface area contributed by atoms with Gasteiger partial charge in [0, 0.05) is 39.0 Å². The number of fused-ring (bicyclic) bond motifs is 11. The molecular weight excluding hydrogens is 626 g/mol. The van der Waals surface area contributed by atoms with Crippen LogP contribution in [-0.2, 0) is 21.4 Å². The number of benzene rings is 1. The lowest BCUT2D eigenvalue weighted by molar-refractivity contribution is -0.144. The Bertz CT molecular complexity index is 2020. The number of aliphatic hydroxyl groups excluding tert-OH is 2. The van der Waals surface area contributed by atoms with Gasteiger partial charge in [-0.05, 0) is 120 Å². The van der Waals surface area contributed by atoms with Gasteiger partial charge in [-0.15, -0.1) is 0 Å². The van der Waals surface area contributed by atoms with Crippen LogP contribution in [0.25, 0.3) is 16.5 Å². The lowest BCUT2D eigenvalue weighted by Gasteiger charge is -2.64. The molecule has 266 valence electrons. The summed E-state index contributed by atoms with van der Waals surface area (Å²) in [5.74, 6) is -0.702. The number of ether oxygens (including phenoxy) is 1. The molecule has 7 nitrogen and oxygen atoms in total. The van der Waals surface area contributed by atoms with E-state index in [1.54, 1.807) is 13.0 Å². The van der Waals surface area contributed by atoms with Gasteiger partial charge in [0.15, 0.2) is 5.78 Å². The third kappa shape index (κ3) is 3.98. The number of aromatic nitrogens is 1. The van der Waals surface area contributed by atoms with Gasteiger partial charge >= 0.3 is 5.97 Å². The number of ketones is 1. The van der Waals surface area contributed by atoms with Crippen molar-refractivity contribution in [3.8, 4) is 0 Å². The predicted molar refractivity (Wildman–Crippen MR) is 195 cm³/mol. The predicted octanol–water partition coefficient (Wildman–Crippen LogP) is 8.18. The van der Waals surface area contributed by atoms with E-state index in [9.17, 15) is 24.9 Å². The first-order chi connectivity index (χ1) is 23.2. The molecule has 2 saturated carbocycles. The summed E-state index contributed by atoms with van der Waals surface area (Å²) >= 11 is 0. The van der Waals surface area contributed by atoms with Gasteiger partial charge in [-0.1, -0.05) is 51.2 Å². The van der Waals surface area contributed by atoms with Crippen LogP contribution in [0.15, 0.2) is 48.1 Å². The molecule has 0 radical (unpaired) electrons. The van der Waals surface area contributed by atoms with Crippen LogP contribution in [0.4, 0.5) is 0 Å². The fourth-order valence-electron chi connectivity index (χ4n) is 12.6. The normalized spacial score (nSPS) is 39.2. The summed E-state index contributed by atoms with van der Waals surface area (Å²) in [4.78, 5) is 26.4. The minimum atomic E-state index is -0.950. The zero-order valence-electron chi connectivity index (χ0n) is 31.1. The molecule has 0 amide bonds. The van der Waals surface area contributed by atoms with E-state index in [0.29, 0.717) is 17.9 Å². The van der Waals surface area contributed by atoms with E-state index >= 15 is 0 Å². The molecule has 4 aliphatic carbocycles. The number of carboxylic acid groups (broad SMARTS) is 1. The number of carbonyl (C=O) groups excluding carboxylic acids is 1. The Kier molecular flexibility index (Phi) is 6.91.